The Kier molecular flexibility index (Phi) is 21.6. The Morgan fingerprint density at radius 3 is 2.03 bits per heavy atom. The van der Waals surface area contributed by atoms with Crippen LogP contribution in [0.25, 0.3) is 30.3 Å². The van der Waals surface area contributed by atoms with Crippen LogP contribution in [0.4, 0.5) is 9.59 Å². The largest absolute Gasteiger partial charge is 0.469 e. The summed E-state index contributed by atoms with van der Waals surface area (Å²) in [4.78, 5) is 73.3. The van der Waals surface area contributed by atoms with Crippen LogP contribution in [0.5, 0.6) is 0 Å². The molecule has 6 aromatic rings. The average Bonchev–Trinajstić information content (AvgIpc) is 4.12. The van der Waals surface area contributed by atoms with Gasteiger partial charge in [0.25, 0.3) is 0 Å². The Morgan fingerprint density at radius 2 is 1.41 bits per heavy atom. The Hall–Kier alpha value is -6.39. The number of nitrogens with zero attached hydrogens (tertiary/aromatic N) is 4. The number of thiophene rings is 3. The maximum atomic E-state index is 12.8. The number of nitrogens with one attached hydrogen (secondary N) is 4. The lowest BCUT2D eigenvalue weighted by molar-refractivity contribution is -0.142. The average molecular weight is 1110 g/mol. The molecule has 3 aromatic heterocycles. The van der Waals surface area contributed by atoms with Crippen LogP contribution in [-0.2, 0) is 45.2 Å². The third-order valence-electron chi connectivity index (χ3n) is 12.8. The number of aliphatic imine (C=N–C) groups is 2. The predicted molar refractivity (Wildman–Crippen MR) is 308 cm³/mol. The number of guanidine groups is 2. The molecule has 4 amide bonds. The lowest BCUT2D eigenvalue weighted by atomic mass is 9.86. The molecule has 398 valence electrons. The molecule has 76 heavy (non-hydrogen) atoms. The van der Waals surface area contributed by atoms with Gasteiger partial charge in [-0.1, -0.05) is 18.2 Å². The molecule has 1 saturated heterocycles. The number of alkyl carbamates (subject to hydrolysis) is 2. The molecule has 6 radical (unpaired) electrons. The van der Waals surface area contributed by atoms with Crippen molar-refractivity contribution >= 4 is 140 Å². The van der Waals surface area contributed by atoms with Crippen molar-refractivity contribution in [3.8, 4) is 0 Å². The van der Waals surface area contributed by atoms with Crippen LogP contribution >= 0.6 is 46.2 Å². The van der Waals surface area contributed by atoms with E-state index in [1.807, 2.05) is 78.0 Å². The van der Waals surface area contributed by atoms with Crippen molar-refractivity contribution in [2.24, 2.45) is 9.98 Å². The number of carbonyl (C=O) groups is 5. The number of amides is 4. The molecule has 23 heteroatoms. The molecule has 3 aliphatic heterocycles. The second-order valence-electron chi connectivity index (χ2n) is 18.3. The van der Waals surface area contributed by atoms with Crippen molar-refractivity contribution in [2.45, 2.75) is 89.8 Å². The fourth-order valence-electron chi connectivity index (χ4n) is 8.83. The second kappa shape index (κ2) is 27.1. The Balaban J connectivity index is 0.000000209. The van der Waals surface area contributed by atoms with Crippen LogP contribution in [0, 0.1) is 0 Å². The van der Waals surface area contributed by atoms with Gasteiger partial charge in [0, 0.05) is 57.2 Å². The third-order valence-corrected chi connectivity index (χ3v) is 15.7. The number of fused-ring (bicyclic) bond motifs is 4. The number of ether oxygens (including phenoxy) is 3. The monoisotopic (exact) mass is 1100 g/mol. The standard InChI is InChI=1S/C19H23N3O4S.C17H19N3OS.C17H20N2O4S2.2B/c1-3-26-18(25)20-17-21-19(2,12-16(24)22(17)8-4-9-23)14-5-6-15-13(11-14)7-10-27-15;1-17(13-4-5-14-12(10-13)6-9-22-14)11-15(21)20-8-3-2-7-18-16(20)19-17;1-4-23-16(21)18-15(24)19-17(2,10-14(20)22-3)12-5-6-13-11(9-12)7-8-25-13;;/h5-7,10-11,23H,3-4,8-9,12H2,1-2H3,(H,20,21,25);4-6,9-10H,2-3,7-8,11H2,1H3,(H,18,19);5-9H,4,10H2,1-3H3,(H2,18,19,21,24);;/t19-;2*17-;;/m000../s1. The van der Waals surface area contributed by atoms with Crippen molar-refractivity contribution < 1.29 is 43.3 Å². The summed E-state index contributed by atoms with van der Waals surface area (Å²) >= 11 is 10.2. The fourth-order valence-corrected chi connectivity index (χ4v) is 11.5. The maximum absolute atomic E-state index is 12.8. The molecule has 0 saturated carbocycles. The summed E-state index contributed by atoms with van der Waals surface area (Å²) in [5.74, 6) is 0.539. The van der Waals surface area contributed by atoms with Crippen LogP contribution in [-0.4, -0.2) is 125 Å². The van der Waals surface area contributed by atoms with Gasteiger partial charge in [0.15, 0.2) is 5.11 Å². The first-order valence-electron chi connectivity index (χ1n) is 24.3. The molecule has 3 aromatic carbocycles. The Bertz CT molecular complexity index is 3090. The zero-order chi connectivity index (χ0) is 53.0. The van der Waals surface area contributed by atoms with E-state index in [-0.39, 0.29) is 90.4 Å². The molecule has 9 rings (SSSR count). The third kappa shape index (κ3) is 14.7. The maximum Gasteiger partial charge on any atom is 0.413 e. The minimum absolute atomic E-state index is 0. The van der Waals surface area contributed by atoms with Gasteiger partial charge >= 0.3 is 18.2 Å². The van der Waals surface area contributed by atoms with E-state index in [0.29, 0.717) is 12.8 Å². The summed E-state index contributed by atoms with van der Waals surface area (Å²) in [5, 5.41) is 30.3. The number of aliphatic hydroxyl groups excluding tert-OH is 1. The zero-order valence-corrected chi connectivity index (χ0v) is 46.7. The molecule has 3 atom stereocenters. The van der Waals surface area contributed by atoms with E-state index in [1.165, 1.54) is 26.8 Å². The van der Waals surface area contributed by atoms with Gasteiger partial charge in [0.2, 0.25) is 23.7 Å². The lowest BCUT2D eigenvalue weighted by Crippen LogP contribution is -2.59. The zero-order valence-electron chi connectivity index (χ0n) is 43.4. The van der Waals surface area contributed by atoms with Gasteiger partial charge in [0.1, 0.15) is 0 Å². The van der Waals surface area contributed by atoms with E-state index < -0.39 is 23.3 Å². The van der Waals surface area contributed by atoms with Gasteiger partial charge in [-0.05, 0) is 170 Å². The molecule has 0 unspecified atom stereocenters. The molecule has 0 aliphatic carbocycles. The fraction of sp³-hybridized carbons (Fsp3) is 0.396. The topological polar surface area (TPSA) is 213 Å². The van der Waals surface area contributed by atoms with Crippen molar-refractivity contribution in [3.05, 3.63) is 106 Å². The minimum Gasteiger partial charge on any atom is -0.469 e. The smallest absolute Gasteiger partial charge is 0.413 e. The Labute approximate surface area is 464 Å². The van der Waals surface area contributed by atoms with E-state index >= 15 is 0 Å². The van der Waals surface area contributed by atoms with Gasteiger partial charge < -0.3 is 30.0 Å². The normalized spacial score (nSPS) is 18.7. The van der Waals surface area contributed by atoms with E-state index in [4.69, 9.17) is 36.5 Å². The number of esters is 1. The highest BCUT2D eigenvalue weighted by atomic mass is 32.1. The number of thiocarbonyl (C=S) groups is 1. The van der Waals surface area contributed by atoms with Gasteiger partial charge in [-0.2, -0.15) is 0 Å². The first-order chi connectivity index (χ1) is 35.5. The van der Waals surface area contributed by atoms with Crippen LogP contribution < -0.4 is 21.3 Å². The number of hydrogen-bond acceptors (Lipinski definition) is 16. The van der Waals surface area contributed by atoms with E-state index in [9.17, 15) is 24.0 Å². The summed E-state index contributed by atoms with van der Waals surface area (Å²) in [6, 6.07) is 24.6. The molecule has 1 fully saturated rings. The molecule has 5 N–H and O–H groups in total. The number of methoxy groups -OCH3 is 1. The second-order valence-corrected chi connectivity index (χ2v) is 21.6. The van der Waals surface area contributed by atoms with Crippen LogP contribution in [0.15, 0.2) is 98.9 Å². The summed E-state index contributed by atoms with van der Waals surface area (Å²) < 4.78 is 18.2. The van der Waals surface area contributed by atoms with Crippen molar-refractivity contribution in [2.75, 3.05) is 46.6 Å². The van der Waals surface area contributed by atoms with Crippen molar-refractivity contribution in [1.82, 2.24) is 31.1 Å². The molecular weight excluding hydrogens is 1040 g/mol. The van der Waals surface area contributed by atoms with Gasteiger partial charge in [-0.25, -0.2) is 14.6 Å². The van der Waals surface area contributed by atoms with Crippen LogP contribution in [0.3, 0.4) is 0 Å². The minimum atomic E-state index is -0.847. The summed E-state index contributed by atoms with van der Waals surface area (Å²) in [5.41, 5.74) is 0.895. The molecule has 0 bridgehead atoms. The number of aliphatic hydroxyl groups is 1. The highest BCUT2D eigenvalue weighted by Gasteiger charge is 2.41. The van der Waals surface area contributed by atoms with Crippen LogP contribution in [0.1, 0.15) is 89.8 Å². The number of hydrogen-bond donors (Lipinski definition) is 5. The number of benzene rings is 3. The van der Waals surface area contributed by atoms with E-state index in [1.54, 1.807) is 47.9 Å². The summed E-state index contributed by atoms with van der Waals surface area (Å²) in [6.07, 6.45) is 1.87. The van der Waals surface area contributed by atoms with Gasteiger partial charge in [-0.15, -0.1) is 34.0 Å². The predicted octanol–water partition coefficient (Wildman–Crippen LogP) is 8.46. The summed E-state index contributed by atoms with van der Waals surface area (Å²) in [7, 11) is 1.33. The molecule has 6 heterocycles. The molecule has 0 spiro atoms. The van der Waals surface area contributed by atoms with Crippen LogP contribution in [0.2, 0.25) is 0 Å². The lowest BCUT2D eigenvalue weighted by Gasteiger charge is -2.41. The highest BCUT2D eigenvalue weighted by Crippen LogP contribution is 2.37. The highest BCUT2D eigenvalue weighted by molar-refractivity contribution is 7.80. The van der Waals surface area contributed by atoms with Gasteiger partial charge in [-0.3, -0.25) is 39.8 Å². The summed E-state index contributed by atoms with van der Waals surface area (Å²) in [6.45, 7) is 11.5. The molecular formula is C53H62B2N8O9S4. The molecule has 17 nitrogen and oxygen atoms in total. The SMILES string of the molecule is CCOC(=O)NC(=S)N[C@@](C)(CC(=O)OC)c1ccc2sccc2c1.CCOC(=O)NC1=N[C@](C)(c2ccc3sccc3c2)CC(=O)N1CCCO.C[C@@]1(c2ccc3sccc3c2)CC(=O)N2CCCCN=C2N1.[B].[B]. The number of carbonyl (C=O) groups excluding carboxylic acids is 5. The Morgan fingerprint density at radius 1 is 0.816 bits per heavy atom. The molecule has 3 aliphatic rings. The first kappa shape index (κ1) is 60.5. The van der Waals surface area contributed by atoms with E-state index in [0.717, 1.165) is 64.1 Å². The first-order valence-corrected chi connectivity index (χ1v) is 27.4. The van der Waals surface area contributed by atoms with Crippen molar-refractivity contribution in [3.63, 3.8) is 0 Å². The quantitative estimate of drug-likeness (QED) is 0.0358. The number of rotatable bonds is 11. The van der Waals surface area contributed by atoms with Crippen molar-refractivity contribution in [1.29, 1.82) is 0 Å². The van der Waals surface area contributed by atoms with Gasteiger partial charge in [0.05, 0.1) is 56.2 Å². The van der Waals surface area contributed by atoms with E-state index in [2.05, 4.69) is 62.8 Å².